The first kappa shape index (κ1) is 19.5. The molecule has 7 heteroatoms. The first-order valence-corrected chi connectivity index (χ1v) is 8.97. The zero-order valence-corrected chi connectivity index (χ0v) is 16.0. The molecule has 0 fully saturated rings. The van der Waals surface area contributed by atoms with E-state index in [9.17, 15) is 9.59 Å². The maximum atomic E-state index is 11.8. The predicted octanol–water partition coefficient (Wildman–Crippen LogP) is 3.41. The SMILES string of the molecule is Cc1cc(OCC(=O)NNC(=O)COc2ccc3ccccc3c2)ccc1Cl. The highest BCUT2D eigenvalue weighted by molar-refractivity contribution is 6.31. The second-order valence-corrected chi connectivity index (χ2v) is 6.50. The van der Waals surface area contributed by atoms with Crippen molar-refractivity contribution >= 4 is 34.2 Å². The Kier molecular flexibility index (Phi) is 6.34. The summed E-state index contributed by atoms with van der Waals surface area (Å²) in [4.78, 5) is 23.6. The van der Waals surface area contributed by atoms with Crippen LogP contribution in [0.15, 0.2) is 60.7 Å². The number of carbonyl (C=O) groups is 2. The molecule has 0 aliphatic heterocycles. The van der Waals surface area contributed by atoms with Gasteiger partial charge >= 0.3 is 0 Å². The van der Waals surface area contributed by atoms with Crippen molar-refractivity contribution in [1.82, 2.24) is 10.9 Å². The van der Waals surface area contributed by atoms with Gasteiger partial charge in [-0.05, 0) is 53.6 Å². The van der Waals surface area contributed by atoms with Crippen LogP contribution in [0.5, 0.6) is 11.5 Å². The number of halogens is 1. The van der Waals surface area contributed by atoms with Gasteiger partial charge in [0.15, 0.2) is 13.2 Å². The van der Waals surface area contributed by atoms with E-state index in [2.05, 4.69) is 10.9 Å². The van der Waals surface area contributed by atoms with E-state index in [4.69, 9.17) is 21.1 Å². The molecule has 0 aliphatic carbocycles. The molecule has 0 saturated heterocycles. The summed E-state index contributed by atoms with van der Waals surface area (Å²) in [6.45, 7) is 1.37. The summed E-state index contributed by atoms with van der Waals surface area (Å²) in [6, 6.07) is 18.5. The zero-order chi connectivity index (χ0) is 19.9. The topological polar surface area (TPSA) is 76.7 Å². The number of carbonyl (C=O) groups excluding carboxylic acids is 2. The number of hydrazine groups is 1. The van der Waals surface area contributed by atoms with Gasteiger partial charge in [0.05, 0.1) is 0 Å². The van der Waals surface area contributed by atoms with E-state index in [-0.39, 0.29) is 13.2 Å². The minimum Gasteiger partial charge on any atom is -0.484 e. The molecule has 3 aromatic carbocycles. The van der Waals surface area contributed by atoms with Crippen LogP contribution < -0.4 is 20.3 Å². The fourth-order valence-electron chi connectivity index (χ4n) is 2.47. The second-order valence-electron chi connectivity index (χ2n) is 6.09. The zero-order valence-electron chi connectivity index (χ0n) is 15.2. The molecule has 2 N–H and O–H groups in total. The molecule has 0 spiro atoms. The van der Waals surface area contributed by atoms with Crippen LogP contribution in [-0.2, 0) is 9.59 Å². The van der Waals surface area contributed by atoms with E-state index in [1.807, 2.05) is 43.3 Å². The van der Waals surface area contributed by atoms with Crippen molar-refractivity contribution in [2.75, 3.05) is 13.2 Å². The van der Waals surface area contributed by atoms with Crippen LogP contribution in [-0.4, -0.2) is 25.0 Å². The van der Waals surface area contributed by atoms with Gasteiger partial charge in [-0.3, -0.25) is 20.4 Å². The van der Waals surface area contributed by atoms with Gasteiger partial charge in [0.1, 0.15) is 11.5 Å². The third-order valence-electron chi connectivity index (χ3n) is 3.93. The summed E-state index contributed by atoms with van der Waals surface area (Å²) in [5.41, 5.74) is 5.40. The third-order valence-corrected chi connectivity index (χ3v) is 4.36. The Morgan fingerprint density at radius 1 is 0.821 bits per heavy atom. The second kappa shape index (κ2) is 9.10. The quantitative estimate of drug-likeness (QED) is 0.624. The van der Waals surface area contributed by atoms with Gasteiger partial charge in [-0.2, -0.15) is 0 Å². The summed E-state index contributed by atoms with van der Waals surface area (Å²) in [6.07, 6.45) is 0. The van der Waals surface area contributed by atoms with Gasteiger partial charge in [-0.25, -0.2) is 0 Å². The van der Waals surface area contributed by atoms with Crippen molar-refractivity contribution in [1.29, 1.82) is 0 Å². The molecular weight excluding hydrogens is 380 g/mol. The minimum absolute atomic E-state index is 0.226. The molecule has 3 aromatic rings. The van der Waals surface area contributed by atoms with Crippen LogP contribution in [0.1, 0.15) is 5.56 Å². The van der Waals surface area contributed by atoms with Gasteiger partial charge in [0, 0.05) is 5.02 Å². The number of benzene rings is 3. The lowest BCUT2D eigenvalue weighted by atomic mass is 10.1. The summed E-state index contributed by atoms with van der Waals surface area (Å²) in [5, 5.41) is 2.72. The molecule has 3 rings (SSSR count). The standard InChI is InChI=1S/C21H19ClN2O4/c1-14-10-17(8-9-19(14)22)27-12-20(25)23-24-21(26)13-28-18-7-6-15-4-2-3-5-16(15)11-18/h2-11H,12-13H2,1H3,(H,23,25)(H,24,26). The monoisotopic (exact) mass is 398 g/mol. The first-order valence-electron chi connectivity index (χ1n) is 8.59. The van der Waals surface area contributed by atoms with Gasteiger partial charge in [0.25, 0.3) is 11.8 Å². The van der Waals surface area contributed by atoms with Crippen molar-refractivity contribution in [2.24, 2.45) is 0 Å². The van der Waals surface area contributed by atoms with E-state index in [1.54, 1.807) is 24.3 Å². The number of amides is 2. The average molecular weight is 399 g/mol. The molecule has 0 unspecified atom stereocenters. The molecule has 0 bridgehead atoms. The van der Waals surface area contributed by atoms with Crippen LogP contribution in [0.4, 0.5) is 0 Å². The van der Waals surface area contributed by atoms with Crippen molar-refractivity contribution in [2.45, 2.75) is 6.92 Å². The number of aryl methyl sites for hydroxylation is 1. The largest absolute Gasteiger partial charge is 0.484 e. The Balaban J connectivity index is 1.40. The molecule has 0 aliphatic rings. The molecule has 144 valence electrons. The molecule has 0 heterocycles. The van der Waals surface area contributed by atoms with Crippen molar-refractivity contribution < 1.29 is 19.1 Å². The van der Waals surface area contributed by atoms with Crippen LogP contribution in [0, 0.1) is 6.92 Å². The van der Waals surface area contributed by atoms with Crippen molar-refractivity contribution in [3.8, 4) is 11.5 Å². The van der Waals surface area contributed by atoms with E-state index in [1.165, 1.54) is 0 Å². The highest BCUT2D eigenvalue weighted by Gasteiger charge is 2.07. The predicted molar refractivity (Wildman–Crippen MR) is 107 cm³/mol. The maximum Gasteiger partial charge on any atom is 0.276 e. The minimum atomic E-state index is -0.494. The average Bonchev–Trinajstić information content (AvgIpc) is 2.71. The van der Waals surface area contributed by atoms with Crippen molar-refractivity contribution in [3.63, 3.8) is 0 Å². The Hall–Kier alpha value is -3.25. The van der Waals surface area contributed by atoms with E-state index in [0.29, 0.717) is 16.5 Å². The normalized spacial score (nSPS) is 10.4. The summed E-state index contributed by atoms with van der Waals surface area (Å²) in [7, 11) is 0. The maximum absolute atomic E-state index is 11.8. The fourth-order valence-corrected chi connectivity index (χ4v) is 2.59. The number of ether oxygens (including phenoxy) is 2. The van der Waals surface area contributed by atoms with Gasteiger partial charge in [0.2, 0.25) is 0 Å². The number of fused-ring (bicyclic) bond motifs is 1. The molecule has 6 nitrogen and oxygen atoms in total. The Bertz CT molecular complexity index is 1010. The van der Waals surface area contributed by atoms with Gasteiger partial charge in [-0.15, -0.1) is 0 Å². The van der Waals surface area contributed by atoms with Crippen LogP contribution in [0.3, 0.4) is 0 Å². The molecule has 0 aromatic heterocycles. The van der Waals surface area contributed by atoms with Crippen molar-refractivity contribution in [3.05, 3.63) is 71.2 Å². The number of rotatable bonds is 6. The van der Waals surface area contributed by atoms with Crippen LogP contribution in [0.2, 0.25) is 5.02 Å². The lowest BCUT2D eigenvalue weighted by Gasteiger charge is -2.10. The van der Waals surface area contributed by atoms with Crippen LogP contribution >= 0.6 is 11.6 Å². The molecule has 2 amide bonds. The smallest absolute Gasteiger partial charge is 0.276 e. The first-order chi connectivity index (χ1) is 13.5. The lowest BCUT2D eigenvalue weighted by Crippen LogP contribution is -2.45. The molecule has 0 saturated carbocycles. The fraction of sp³-hybridized carbons (Fsp3) is 0.143. The molecule has 0 radical (unpaired) electrons. The number of hydrogen-bond donors (Lipinski definition) is 2. The summed E-state index contributed by atoms with van der Waals surface area (Å²) in [5.74, 6) is 0.111. The summed E-state index contributed by atoms with van der Waals surface area (Å²) < 4.78 is 10.8. The van der Waals surface area contributed by atoms with E-state index in [0.717, 1.165) is 16.3 Å². The highest BCUT2D eigenvalue weighted by Crippen LogP contribution is 2.21. The Labute approximate surface area is 167 Å². The van der Waals surface area contributed by atoms with Gasteiger partial charge < -0.3 is 9.47 Å². The Morgan fingerprint density at radius 3 is 2.04 bits per heavy atom. The molecule has 0 atom stereocenters. The van der Waals surface area contributed by atoms with Gasteiger partial charge in [-0.1, -0.05) is 41.9 Å². The molecular formula is C21H19ClN2O4. The Morgan fingerprint density at radius 2 is 1.39 bits per heavy atom. The molecule has 28 heavy (non-hydrogen) atoms. The lowest BCUT2D eigenvalue weighted by molar-refractivity contribution is -0.131. The highest BCUT2D eigenvalue weighted by atomic mass is 35.5. The van der Waals surface area contributed by atoms with E-state index < -0.39 is 11.8 Å². The third kappa shape index (κ3) is 5.37. The number of nitrogens with one attached hydrogen (secondary N) is 2. The van der Waals surface area contributed by atoms with Crippen LogP contribution in [0.25, 0.3) is 10.8 Å². The number of hydrogen-bond acceptors (Lipinski definition) is 4. The summed E-state index contributed by atoms with van der Waals surface area (Å²) >= 11 is 5.94. The van der Waals surface area contributed by atoms with E-state index >= 15 is 0 Å².